The summed E-state index contributed by atoms with van der Waals surface area (Å²) >= 11 is 1.72. The summed E-state index contributed by atoms with van der Waals surface area (Å²) < 4.78 is 0. The van der Waals surface area contributed by atoms with Crippen molar-refractivity contribution < 1.29 is 4.79 Å². The van der Waals surface area contributed by atoms with Gasteiger partial charge in [0.1, 0.15) is 0 Å². The van der Waals surface area contributed by atoms with E-state index in [1.54, 1.807) is 11.3 Å². The molecule has 2 aromatic rings. The minimum atomic E-state index is 0.163. The van der Waals surface area contributed by atoms with Gasteiger partial charge in [0.2, 0.25) is 5.91 Å². The van der Waals surface area contributed by atoms with Gasteiger partial charge in [-0.05, 0) is 37.0 Å². The van der Waals surface area contributed by atoms with E-state index in [9.17, 15) is 4.79 Å². The molecular formula is C18H23N3OS. The zero-order valence-electron chi connectivity index (χ0n) is 13.5. The Bertz CT molecular complexity index is 664. The Morgan fingerprint density at radius 1 is 1.35 bits per heavy atom. The van der Waals surface area contributed by atoms with Crippen LogP contribution in [0.2, 0.25) is 0 Å². The number of benzene rings is 1. The molecule has 5 heteroatoms. The topological polar surface area (TPSA) is 54.0 Å². The SMILES string of the molecule is CCc1nc(CNCc2cccc(NC(=O)C3CCC3)c2)cs1. The molecule has 1 aliphatic carbocycles. The first kappa shape index (κ1) is 16.1. The molecule has 1 heterocycles. The lowest BCUT2D eigenvalue weighted by Gasteiger charge is -2.24. The van der Waals surface area contributed by atoms with Crippen LogP contribution in [0.4, 0.5) is 5.69 Å². The standard InChI is InChI=1S/C18H23N3OS/c1-2-17-20-16(12-23-17)11-19-10-13-5-3-8-15(9-13)21-18(22)14-6-4-7-14/h3,5,8-9,12,14,19H,2,4,6-7,10-11H2,1H3,(H,21,22). The van der Waals surface area contributed by atoms with Gasteiger partial charge in [-0.2, -0.15) is 0 Å². The predicted octanol–water partition coefficient (Wildman–Crippen LogP) is 3.73. The van der Waals surface area contributed by atoms with Gasteiger partial charge >= 0.3 is 0 Å². The van der Waals surface area contributed by atoms with Crippen molar-refractivity contribution in [3.63, 3.8) is 0 Å². The molecule has 1 saturated carbocycles. The third-order valence-electron chi connectivity index (χ3n) is 4.21. The Balaban J connectivity index is 1.49. The number of thiazole rings is 1. The van der Waals surface area contributed by atoms with Crippen LogP contribution in [0.25, 0.3) is 0 Å². The van der Waals surface area contributed by atoms with Gasteiger partial charge in [0, 0.05) is 30.1 Å². The highest BCUT2D eigenvalue weighted by Gasteiger charge is 2.25. The van der Waals surface area contributed by atoms with Crippen LogP contribution in [0.1, 0.15) is 42.5 Å². The van der Waals surface area contributed by atoms with E-state index in [-0.39, 0.29) is 11.8 Å². The van der Waals surface area contributed by atoms with Gasteiger partial charge in [-0.15, -0.1) is 11.3 Å². The van der Waals surface area contributed by atoms with E-state index in [0.29, 0.717) is 0 Å². The van der Waals surface area contributed by atoms with Crippen LogP contribution in [0.15, 0.2) is 29.6 Å². The maximum Gasteiger partial charge on any atom is 0.227 e. The van der Waals surface area contributed by atoms with Gasteiger partial charge in [0.15, 0.2) is 0 Å². The van der Waals surface area contributed by atoms with Crippen molar-refractivity contribution in [1.82, 2.24) is 10.3 Å². The molecule has 23 heavy (non-hydrogen) atoms. The highest BCUT2D eigenvalue weighted by Crippen LogP contribution is 2.27. The lowest BCUT2D eigenvalue weighted by atomic mass is 9.85. The summed E-state index contributed by atoms with van der Waals surface area (Å²) in [6.07, 6.45) is 4.23. The lowest BCUT2D eigenvalue weighted by Crippen LogP contribution is -2.28. The van der Waals surface area contributed by atoms with Crippen LogP contribution in [0, 0.1) is 5.92 Å². The molecule has 1 aromatic heterocycles. The number of nitrogens with one attached hydrogen (secondary N) is 2. The van der Waals surface area contributed by atoms with Crippen LogP contribution in [-0.2, 0) is 24.3 Å². The molecule has 2 N–H and O–H groups in total. The van der Waals surface area contributed by atoms with Gasteiger partial charge < -0.3 is 10.6 Å². The summed E-state index contributed by atoms with van der Waals surface area (Å²) in [5.74, 6) is 0.380. The second-order valence-electron chi connectivity index (χ2n) is 6.01. The normalized spacial score (nSPS) is 14.5. The van der Waals surface area contributed by atoms with Gasteiger partial charge in [-0.1, -0.05) is 25.5 Å². The summed E-state index contributed by atoms with van der Waals surface area (Å²) in [5.41, 5.74) is 3.16. The summed E-state index contributed by atoms with van der Waals surface area (Å²) in [6.45, 7) is 3.67. The molecule has 1 amide bonds. The zero-order chi connectivity index (χ0) is 16.1. The molecule has 1 fully saturated rings. The molecule has 0 bridgehead atoms. The molecule has 0 spiro atoms. The van der Waals surface area contributed by atoms with Gasteiger partial charge in [0.05, 0.1) is 10.7 Å². The van der Waals surface area contributed by atoms with Crippen molar-refractivity contribution in [3.8, 4) is 0 Å². The summed E-state index contributed by atoms with van der Waals surface area (Å²) in [5, 5.41) is 9.73. The zero-order valence-corrected chi connectivity index (χ0v) is 14.3. The van der Waals surface area contributed by atoms with Crippen LogP contribution in [-0.4, -0.2) is 10.9 Å². The van der Waals surface area contributed by atoms with Crippen molar-refractivity contribution in [2.24, 2.45) is 5.92 Å². The van der Waals surface area contributed by atoms with Crippen molar-refractivity contribution >= 4 is 22.9 Å². The molecule has 4 nitrogen and oxygen atoms in total. The van der Waals surface area contributed by atoms with E-state index in [4.69, 9.17) is 0 Å². The minimum Gasteiger partial charge on any atom is -0.326 e. The minimum absolute atomic E-state index is 0.163. The predicted molar refractivity (Wildman–Crippen MR) is 94.4 cm³/mol. The quantitative estimate of drug-likeness (QED) is 0.814. The molecule has 1 aliphatic rings. The van der Waals surface area contributed by atoms with Crippen LogP contribution in [0.5, 0.6) is 0 Å². The average molecular weight is 329 g/mol. The fourth-order valence-electron chi connectivity index (χ4n) is 2.60. The summed E-state index contributed by atoms with van der Waals surface area (Å²) in [4.78, 5) is 16.6. The summed E-state index contributed by atoms with van der Waals surface area (Å²) in [6, 6.07) is 8.06. The van der Waals surface area contributed by atoms with Crippen LogP contribution in [0.3, 0.4) is 0 Å². The number of hydrogen-bond acceptors (Lipinski definition) is 4. The van der Waals surface area contributed by atoms with Crippen molar-refractivity contribution in [1.29, 1.82) is 0 Å². The number of carbonyl (C=O) groups excluding carboxylic acids is 1. The second-order valence-corrected chi connectivity index (χ2v) is 6.95. The van der Waals surface area contributed by atoms with E-state index in [1.165, 1.54) is 17.0 Å². The van der Waals surface area contributed by atoms with Crippen molar-refractivity contribution in [3.05, 3.63) is 45.9 Å². The smallest absolute Gasteiger partial charge is 0.227 e. The Morgan fingerprint density at radius 2 is 2.22 bits per heavy atom. The first-order chi connectivity index (χ1) is 11.2. The van der Waals surface area contributed by atoms with E-state index >= 15 is 0 Å². The maximum absolute atomic E-state index is 12.0. The highest BCUT2D eigenvalue weighted by atomic mass is 32.1. The van der Waals surface area contributed by atoms with E-state index in [1.807, 2.05) is 18.2 Å². The van der Waals surface area contributed by atoms with Crippen LogP contribution < -0.4 is 10.6 Å². The number of amides is 1. The first-order valence-electron chi connectivity index (χ1n) is 8.28. The molecule has 0 radical (unpaired) electrons. The van der Waals surface area contributed by atoms with Crippen molar-refractivity contribution in [2.45, 2.75) is 45.7 Å². The molecule has 0 atom stereocenters. The molecule has 122 valence electrons. The third kappa shape index (κ3) is 4.39. The molecule has 0 aliphatic heterocycles. The van der Waals surface area contributed by atoms with E-state index in [2.05, 4.69) is 34.0 Å². The van der Waals surface area contributed by atoms with Gasteiger partial charge in [0.25, 0.3) is 0 Å². The second kappa shape index (κ2) is 7.70. The number of carbonyl (C=O) groups is 1. The molecule has 1 aromatic carbocycles. The lowest BCUT2D eigenvalue weighted by molar-refractivity contribution is -0.122. The number of hydrogen-bond donors (Lipinski definition) is 2. The summed E-state index contributed by atoms with van der Waals surface area (Å²) in [7, 11) is 0. The number of anilines is 1. The van der Waals surface area contributed by atoms with Crippen LogP contribution >= 0.6 is 11.3 Å². The molecule has 3 rings (SSSR count). The molecular weight excluding hydrogens is 306 g/mol. The fraction of sp³-hybridized carbons (Fsp3) is 0.444. The van der Waals surface area contributed by atoms with E-state index < -0.39 is 0 Å². The maximum atomic E-state index is 12.0. The number of aromatic nitrogens is 1. The monoisotopic (exact) mass is 329 g/mol. The van der Waals surface area contributed by atoms with Crippen molar-refractivity contribution in [2.75, 3.05) is 5.32 Å². The van der Waals surface area contributed by atoms with Gasteiger partial charge in [-0.25, -0.2) is 4.98 Å². The van der Waals surface area contributed by atoms with E-state index in [0.717, 1.165) is 43.7 Å². The Labute approximate surface area is 141 Å². The fourth-order valence-corrected chi connectivity index (χ4v) is 3.35. The van der Waals surface area contributed by atoms with Gasteiger partial charge in [-0.3, -0.25) is 4.79 Å². The third-order valence-corrected chi connectivity index (χ3v) is 5.25. The Hall–Kier alpha value is -1.72. The Morgan fingerprint density at radius 3 is 2.91 bits per heavy atom. The largest absolute Gasteiger partial charge is 0.326 e. The molecule has 0 unspecified atom stereocenters. The molecule has 0 saturated heterocycles. The Kier molecular flexibility index (Phi) is 5.41. The number of rotatable bonds is 7. The highest BCUT2D eigenvalue weighted by molar-refractivity contribution is 7.09. The number of aryl methyl sites for hydroxylation is 1. The first-order valence-corrected chi connectivity index (χ1v) is 9.16. The number of nitrogens with zero attached hydrogens (tertiary/aromatic N) is 1. The average Bonchev–Trinajstić information content (AvgIpc) is 2.94.